The van der Waals surface area contributed by atoms with Crippen molar-refractivity contribution in [3.05, 3.63) is 35.6 Å². The Morgan fingerprint density at radius 2 is 1.86 bits per heavy atom. The Morgan fingerprint density at radius 1 is 1.29 bits per heavy atom. The van der Waals surface area contributed by atoms with Crippen LogP contribution < -0.4 is 5.32 Å². The van der Waals surface area contributed by atoms with Crippen LogP contribution in [-0.4, -0.2) is 7.05 Å². The van der Waals surface area contributed by atoms with Gasteiger partial charge in [0, 0.05) is 6.04 Å². The molecule has 0 heterocycles. The monoisotopic (exact) mass is 195 g/mol. The van der Waals surface area contributed by atoms with Crippen LogP contribution in [0.5, 0.6) is 0 Å². The Bertz CT molecular complexity index is 268. The zero-order chi connectivity index (χ0) is 10.6. The van der Waals surface area contributed by atoms with E-state index in [1.165, 1.54) is 12.1 Å². The second kappa shape index (κ2) is 5.11. The fourth-order valence-corrected chi connectivity index (χ4v) is 1.69. The Kier molecular flexibility index (Phi) is 4.08. The van der Waals surface area contributed by atoms with Crippen molar-refractivity contribution in [3.8, 4) is 0 Å². The summed E-state index contributed by atoms with van der Waals surface area (Å²) in [5.74, 6) is 0.387. The number of benzene rings is 1. The highest BCUT2D eigenvalue weighted by molar-refractivity contribution is 5.20. The number of hydrogen-bond donors (Lipinski definition) is 1. The van der Waals surface area contributed by atoms with Gasteiger partial charge in [0.15, 0.2) is 0 Å². The lowest BCUT2D eigenvalue weighted by atomic mass is 9.93. The molecule has 1 nitrogen and oxygen atoms in total. The molecule has 0 saturated carbocycles. The molecular formula is C12H18FN. The van der Waals surface area contributed by atoms with Crippen LogP contribution in [0.1, 0.15) is 31.9 Å². The minimum absolute atomic E-state index is 0.173. The van der Waals surface area contributed by atoms with E-state index in [2.05, 4.69) is 19.2 Å². The van der Waals surface area contributed by atoms with E-state index >= 15 is 0 Å². The molecule has 0 bridgehead atoms. The summed E-state index contributed by atoms with van der Waals surface area (Å²) in [4.78, 5) is 0. The molecule has 1 aromatic carbocycles. The molecule has 0 radical (unpaired) electrons. The molecule has 0 aliphatic heterocycles. The maximum atomic E-state index is 12.7. The van der Waals surface area contributed by atoms with Crippen molar-refractivity contribution < 1.29 is 4.39 Å². The van der Waals surface area contributed by atoms with Gasteiger partial charge >= 0.3 is 0 Å². The first-order valence-electron chi connectivity index (χ1n) is 5.11. The van der Waals surface area contributed by atoms with Crippen molar-refractivity contribution in [2.45, 2.75) is 26.3 Å². The minimum atomic E-state index is -0.173. The second-order valence-corrected chi connectivity index (χ2v) is 3.70. The highest BCUT2D eigenvalue weighted by atomic mass is 19.1. The molecule has 0 saturated heterocycles. The summed E-state index contributed by atoms with van der Waals surface area (Å²) < 4.78 is 12.7. The Hall–Kier alpha value is -0.890. The molecule has 0 spiro atoms. The summed E-state index contributed by atoms with van der Waals surface area (Å²) in [6.07, 6.45) is 1.11. The van der Waals surface area contributed by atoms with Gasteiger partial charge in [0.2, 0.25) is 0 Å². The van der Waals surface area contributed by atoms with Crippen LogP contribution in [0.3, 0.4) is 0 Å². The largest absolute Gasteiger partial charge is 0.313 e. The molecule has 1 aromatic rings. The standard InChI is InChI=1S/C12H18FN/c1-4-9(2)12(14-3)10-5-7-11(13)8-6-10/h5-9,12,14H,4H2,1-3H3. The topological polar surface area (TPSA) is 12.0 Å². The lowest BCUT2D eigenvalue weighted by molar-refractivity contribution is 0.400. The zero-order valence-electron chi connectivity index (χ0n) is 9.05. The van der Waals surface area contributed by atoms with Gasteiger partial charge in [-0.15, -0.1) is 0 Å². The molecule has 2 unspecified atom stereocenters. The van der Waals surface area contributed by atoms with Gasteiger partial charge in [-0.05, 0) is 30.7 Å². The molecule has 0 fully saturated rings. The van der Waals surface area contributed by atoms with E-state index in [0.29, 0.717) is 12.0 Å². The van der Waals surface area contributed by atoms with Crippen LogP contribution in [-0.2, 0) is 0 Å². The zero-order valence-corrected chi connectivity index (χ0v) is 9.05. The Balaban J connectivity index is 2.84. The molecule has 14 heavy (non-hydrogen) atoms. The van der Waals surface area contributed by atoms with Crippen LogP contribution in [0.15, 0.2) is 24.3 Å². The predicted octanol–water partition coefficient (Wildman–Crippen LogP) is 3.13. The van der Waals surface area contributed by atoms with Gasteiger partial charge in [-0.25, -0.2) is 4.39 Å². The van der Waals surface area contributed by atoms with Crippen molar-refractivity contribution in [2.75, 3.05) is 7.05 Å². The lowest BCUT2D eigenvalue weighted by Crippen LogP contribution is -2.22. The maximum absolute atomic E-state index is 12.7. The smallest absolute Gasteiger partial charge is 0.123 e. The molecule has 0 aromatic heterocycles. The molecule has 0 aliphatic carbocycles. The highest BCUT2D eigenvalue weighted by Crippen LogP contribution is 2.23. The van der Waals surface area contributed by atoms with Crippen LogP contribution in [0.4, 0.5) is 4.39 Å². The predicted molar refractivity (Wildman–Crippen MR) is 57.7 cm³/mol. The molecule has 0 aliphatic rings. The van der Waals surface area contributed by atoms with Crippen molar-refractivity contribution >= 4 is 0 Å². The minimum Gasteiger partial charge on any atom is -0.313 e. The second-order valence-electron chi connectivity index (χ2n) is 3.70. The van der Waals surface area contributed by atoms with Crippen LogP contribution in [0.25, 0.3) is 0 Å². The molecule has 1 rings (SSSR count). The Labute approximate surface area is 85.3 Å². The van der Waals surface area contributed by atoms with E-state index in [9.17, 15) is 4.39 Å². The fourth-order valence-electron chi connectivity index (χ4n) is 1.69. The van der Waals surface area contributed by atoms with E-state index in [4.69, 9.17) is 0 Å². The molecule has 2 heteroatoms. The number of halogens is 1. The van der Waals surface area contributed by atoms with Crippen molar-refractivity contribution in [3.63, 3.8) is 0 Å². The third-order valence-electron chi connectivity index (χ3n) is 2.75. The van der Waals surface area contributed by atoms with Gasteiger partial charge in [-0.3, -0.25) is 0 Å². The molecule has 1 N–H and O–H groups in total. The quantitative estimate of drug-likeness (QED) is 0.778. The SMILES string of the molecule is CCC(C)C(NC)c1ccc(F)cc1. The maximum Gasteiger partial charge on any atom is 0.123 e. The summed E-state index contributed by atoms with van der Waals surface area (Å²) in [5, 5.41) is 3.27. The van der Waals surface area contributed by atoms with Crippen LogP contribution >= 0.6 is 0 Å². The fraction of sp³-hybridized carbons (Fsp3) is 0.500. The average molecular weight is 195 g/mol. The van der Waals surface area contributed by atoms with Gasteiger partial charge in [0.25, 0.3) is 0 Å². The van der Waals surface area contributed by atoms with E-state index < -0.39 is 0 Å². The number of nitrogens with one attached hydrogen (secondary N) is 1. The number of rotatable bonds is 4. The highest BCUT2D eigenvalue weighted by Gasteiger charge is 2.15. The van der Waals surface area contributed by atoms with Gasteiger partial charge in [-0.2, -0.15) is 0 Å². The van der Waals surface area contributed by atoms with E-state index in [1.54, 1.807) is 0 Å². The summed E-state index contributed by atoms with van der Waals surface area (Å²) in [5.41, 5.74) is 1.16. The Morgan fingerprint density at radius 3 is 2.29 bits per heavy atom. The van der Waals surface area contributed by atoms with Crippen molar-refractivity contribution in [2.24, 2.45) is 5.92 Å². The van der Waals surface area contributed by atoms with Gasteiger partial charge < -0.3 is 5.32 Å². The van der Waals surface area contributed by atoms with Gasteiger partial charge in [0.05, 0.1) is 0 Å². The normalized spacial score (nSPS) is 15.1. The van der Waals surface area contributed by atoms with Gasteiger partial charge in [-0.1, -0.05) is 32.4 Å². The molecule has 2 atom stereocenters. The third-order valence-corrected chi connectivity index (χ3v) is 2.75. The molecular weight excluding hydrogens is 177 g/mol. The number of hydrogen-bond acceptors (Lipinski definition) is 1. The van der Waals surface area contributed by atoms with E-state index in [0.717, 1.165) is 12.0 Å². The third kappa shape index (κ3) is 2.55. The molecule has 78 valence electrons. The molecule has 0 amide bonds. The summed E-state index contributed by atoms with van der Waals surface area (Å²) in [6, 6.07) is 7.05. The first-order valence-corrected chi connectivity index (χ1v) is 5.11. The first kappa shape index (κ1) is 11.2. The average Bonchev–Trinajstić information content (AvgIpc) is 2.21. The van der Waals surface area contributed by atoms with Crippen LogP contribution in [0, 0.1) is 11.7 Å². The first-order chi connectivity index (χ1) is 6.69. The summed E-state index contributed by atoms with van der Waals surface area (Å²) in [6.45, 7) is 4.36. The van der Waals surface area contributed by atoms with Crippen LogP contribution in [0.2, 0.25) is 0 Å². The van der Waals surface area contributed by atoms with Crippen molar-refractivity contribution in [1.82, 2.24) is 5.32 Å². The van der Waals surface area contributed by atoms with E-state index in [-0.39, 0.29) is 5.82 Å². The van der Waals surface area contributed by atoms with Gasteiger partial charge in [0.1, 0.15) is 5.82 Å². The lowest BCUT2D eigenvalue weighted by Gasteiger charge is -2.22. The summed E-state index contributed by atoms with van der Waals surface area (Å²) >= 11 is 0. The van der Waals surface area contributed by atoms with Crippen molar-refractivity contribution in [1.29, 1.82) is 0 Å². The van der Waals surface area contributed by atoms with E-state index in [1.807, 2.05) is 19.2 Å². The summed E-state index contributed by atoms with van der Waals surface area (Å²) in [7, 11) is 1.94.